The number of amides is 1. The predicted octanol–water partition coefficient (Wildman–Crippen LogP) is 6.34. The van der Waals surface area contributed by atoms with Crippen LogP contribution in [0.25, 0.3) is 0 Å². The summed E-state index contributed by atoms with van der Waals surface area (Å²) >= 11 is 0. The van der Waals surface area contributed by atoms with Gasteiger partial charge in [0.05, 0.1) is 41.5 Å². The summed E-state index contributed by atoms with van der Waals surface area (Å²) in [7, 11) is -3.41. The SMILES string of the molecule is CCS(=O)(=O)c1ccc([C@H](CO)NC(=O)c2ccc(N3CC(c4ccc(C(F)(F)F)cc4)CC[C@H]3COC(C)(F)F)cc2)cc1. The fraction of sp³-hybridized carbons (Fsp3) is 0.406. The van der Waals surface area contributed by atoms with Crippen molar-refractivity contribution in [3.8, 4) is 0 Å². The molecular formula is C32H35F5N2O5S. The molecule has 1 fully saturated rings. The molecule has 1 aliphatic heterocycles. The van der Waals surface area contributed by atoms with Crippen LogP contribution in [0.5, 0.6) is 0 Å². The van der Waals surface area contributed by atoms with Crippen molar-refractivity contribution in [2.75, 3.05) is 30.4 Å². The fourth-order valence-electron chi connectivity index (χ4n) is 5.33. The molecule has 0 aromatic heterocycles. The minimum Gasteiger partial charge on any atom is -0.394 e. The number of nitrogens with one attached hydrogen (secondary N) is 1. The zero-order chi connectivity index (χ0) is 33.0. The fourth-order valence-corrected chi connectivity index (χ4v) is 6.21. The first kappa shape index (κ1) is 34.3. The number of carbonyl (C=O) groups excluding carboxylic acids is 1. The Kier molecular flexibility index (Phi) is 10.6. The van der Waals surface area contributed by atoms with E-state index in [9.17, 15) is 40.3 Å². The number of carbonyl (C=O) groups is 1. The number of hydrogen-bond donors (Lipinski definition) is 2. The normalized spacial score (nSPS) is 18.4. The van der Waals surface area contributed by atoms with Crippen molar-refractivity contribution in [1.29, 1.82) is 0 Å². The van der Waals surface area contributed by atoms with Gasteiger partial charge in [0, 0.05) is 30.6 Å². The van der Waals surface area contributed by atoms with Gasteiger partial charge < -0.3 is 20.1 Å². The Morgan fingerprint density at radius 2 is 1.60 bits per heavy atom. The maximum atomic E-state index is 13.5. The van der Waals surface area contributed by atoms with Crippen LogP contribution in [0.1, 0.15) is 65.7 Å². The van der Waals surface area contributed by atoms with E-state index in [-0.39, 0.29) is 28.7 Å². The van der Waals surface area contributed by atoms with Crippen LogP contribution in [0.15, 0.2) is 77.7 Å². The van der Waals surface area contributed by atoms with E-state index in [1.807, 2.05) is 4.90 Å². The smallest absolute Gasteiger partial charge is 0.394 e. The number of anilines is 1. The van der Waals surface area contributed by atoms with E-state index in [4.69, 9.17) is 4.74 Å². The molecule has 0 bridgehead atoms. The Morgan fingerprint density at radius 3 is 2.13 bits per heavy atom. The second-order valence-electron chi connectivity index (χ2n) is 11.0. The van der Waals surface area contributed by atoms with E-state index in [1.54, 1.807) is 24.3 Å². The highest BCUT2D eigenvalue weighted by Gasteiger charge is 2.34. The second kappa shape index (κ2) is 13.8. The molecule has 45 heavy (non-hydrogen) atoms. The average molecular weight is 655 g/mol. The Morgan fingerprint density at radius 1 is 0.978 bits per heavy atom. The first-order valence-corrected chi connectivity index (χ1v) is 16.1. The summed E-state index contributed by atoms with van der Waals surface area (Å²) in [4.78, 5) is 15.0. The van der Waals surface area contributed by atoms with Crippen LogP contribution in [0, 0.1) is 0 Å². The van der Waals surface area contributed by atoms with Crippen LogP contribution >= 0.6 is 0 Å². The molecule has 0 aliphatic carbocycles. The van der Waals surface area contributed by atoms with E-state index in [1.165, 1.54) is 43.3 Å². The summed E-state index contributed by atoms with van der Waals surface area (Å²) in [6, 6.07) is 16.0. The molecule has 4 rings (SSSR count). The molecule has 3 atom stereocenters. The molecule has 0 spiro atoms. The van der Waals surface area contributed by atoms with Crippen molar-refractivity contribution in [3.63, 3.8) is 0 Å². The Balaban J connectivity index is 1.50. The third kappa shape index (κ3) is 8.80. The standard InChI is InChI=1S/C32H35F5N2O5S/c1-3-45(42,43)28-16-9-22(10-17-28)29(19-40)38-30(41)23-6-13-26(14-7-23)39-18-24(8-15-27(39)20-44-31(2,33)34)21-4-11-25(12-5-21)32(35,36)37/h4-7,9-14,16-17,24,27,29,40H,3,8,15,18-20H2,1-2H3,(H,38,41)/t24?,27-,29-/m0/s1. The monoisotopic (exact) mass is 654 g/mol. The van der Waals surface area contributed by atoms with E-state index in [0.29, 0.717) is 43.1 Å². The quantitative estimate of drug-likeness (QED) is 0.234. The van der Waals surface area contributed by atoms with Crippen LogP contribution in [0.3, 0.4) is 0 Å². The molecule has 1 unspecified atom stereocenters. The van der Waals surface area contributed by atoms with Gasteiger partial charge in [0.2, 0.25) is 0 Å². The largest absolute Gasteiger partial charge is 0.416 e. The van der Waals surface area contributed by atoms with Crippen molar-refractivity contribution >= 4 is 21.4 Å². The lowest BCUT2D eigenvalue weighted by atomic mass is 9.86. The Labute approximate surface area is 258 Å². The lowest BCUT2D eigenvalue weighted by Crippen LogP contribution is -2.46. The second-order valence-corrected chi connectivity index (χ2v) is 13.3. The van der Waals surface area contributed by atoms with Crippen LogP contribution in [-0.4, -0.2) is 57.1 Å². The topological polar surface area (TPSA) is 95.9 Å². The number of benzene rings is 3. The maximum absolute atomic E-state index is 13.5. The van der Waals surface area contributed by atoms with Gasteiger partial charge in [-0.1, -0.05) is 31.2 Å². The number of nitrogens with zero attached hydrogens (tertiary/aromatic N) is 1. The van der Waals surface area contributed by atoms with Crippen LogP contribution in [0.4, 0.5) is 27.6 Å². The molecule has 0 radical (unpaired) electrons. The molecule has 0 saturated carbocycles. The van der Waals surface area contributed by atoms with Gasteiger partial charge in [-0.25, -0.2) is 8.42 Å². The molecule has 1 saturated heterocycles. The van der Waals surface area contributed by atoms with Gasteiger partial charge >= 0.3 is 12.3 Å². The molecule has 3 aromatic rings. The first-order chi connectivity index (χ1) is 21.1. The summed E-state index contributed by atoms with van der Waals surface area (Å²) in [6.07, 6.45) is -6.80. The van der Waals surface area contributed by atoms with E-state index >= 15 is 0 Å². The number of piperidine rings is 1. The van der Waals surface area contributed by atoms with Crippen molar-refractivity contribution in [1.82, 2.24) is 5.32 Å². The zero-order valence-corrected chi connectivity index (χ0v) is 25.5. The molecule has 13 heteroatoms. The summed E-state index contributed by atoms with van der Waals surface area (Å²) < 4.78 is 95.3. The average Bonchev–Trinajstić information content (AvgIpc) is 3.02. The number of alkyl halides is 5. The molecular weight excluding hydrogens is 619 g/mol. The summed E-state index contributed by atoms with van der Waals surface area (Å²) in [5.74, 6) is -0.732. The summed E-state index contributed by atoms with van der Waals surface area (Å²) in [5, 5.41) is 12.6. The van der Waals surface area contributed by atoms with Crippen LogP contribution in [-0.2, 0) is 20.8 Å². The van der Waals surface area contributed by atoms with Crippen molar-refractivity contribution in [2.45, 2.75) is 61.9 Å². The summed E-state index contributed by atoms with van der Waals surface area (Å²) in [5.41, 5.74) is 1.32. The Hall–Kier alpha value is -3.55. The lowest BCUT2D eigenvalue weighted by molar-refractivity contribution is -0.226. The molecule has 2 N–H and O–H groups in total. The highest BCUT2D eigenvalue weighted by molar-refractivity contribution is 7.91. The first-order valence-electron chi connectivity index (χ1n) is 14.4. The third-order valence-electron chi connectivity index (χ3n) is 7.92. The van der Waals surface area contributed by atoms with E-state index in [0.717, 1.165) is 12.1 Å². The van der Waals surface area contributed by atoms with Gasteiger partial charge in [-0.05, 0) is 72.5 Å². The highest BCUT2D eigenvalue weighted by Crippen LogP contribution is 2.36. The zero-order valence-electron chi connectivity index (χ0n) is 24.7. The van der Waals surface area contributed by atoms with E-state index < -0.39 is 52.3 Å². The highest BCUT2D eigenvalue weighted by atomic mass is 32.2. The third-order valence-corrected chi connectivity index (χ3v) is 9.67. The molecule has 1 amide bonds. The maximum Gasteiger partial charge on any atom is 0.416 e. The van der Waals surface area contributed by atoms with E-state index in [2.05, 4.69) is 5.32 Å². The summed E-state index contributed by atoms with van der Waals surface area (Å²) in [6.45, 7) is 1.80. The number of hydrogen-bond acceptors (Lipinski definition) is 6. The molecule has 3 aromatic carbocycles. The predicted molar refractivity (Wildman–Crippen MR) is 159 cm³/mol. The molecule has 1 aliphatic rings. The van der Waals surface area contributed by atoms with Gasteiger partial charge in [-0.3, -0.25) is 4.79 Å². The van der Waals surface area contributed by atoms with Gasteiger partial charge in [0.25, 0.3) is 5.91 Å². The number of sulfone groups is 1. The van der Waals surface area contributed by atoms with Gasteiger partial charge in [-0.2, -0.15) is 22.0 Å². The van der Waals surface area contributed by atoms with Crippen molar-refractivity contribution in [3.05, 3.63) is 95.1 Å². The van der Waals surface area contributed by atoms with Crippen molar-refractivity contribution in [2.24, 2.45) is 0 Å². The number of halogens is 5. The van der Waals surface area contributed by atoms with Crippen LogP contribution < -0.4 is 10.2 Å². The van der Waals surface area contributed by atoms with Gasteiger partial charge in [0.15, 0.2) is 9.84 Å². The number of aliphatic hydroxyl groups is 1. The minimum absolute atomic E-state index is 0.0610. The van der Waals surface area contributed by atoms with Gasteiger partial charge in [-0.15, -0.1) is 0 Å². The number of aliphatic hydroxyl groups excluding tert-OH is 1. The molecule has 7 nitrogen and oxygen atoms in total. The molecule has 244 valence electrons. The Bertz CT molecular complexity index is 1540. The van der Waals surface area contributed by atoms with Crippen LogP contribution in [0.2, 0.25) is 0 Å². The molecule has 1 heterocycles. The minimum atomic E-state index is -4.46. The number of rotatable bonds is 11. The number of ether oxygens (including phenoxy) is 1. The van der Waals surface area contributed by atoms with Crippen molar-refractivity contribution < 1.29 is 45.0 Å². The lowest BCUT2D eigenvalue weighted by Gasteiger charge is -2.41. The van der Waals surface area contributed by atoms with Gasteiger partial charge in [0.1, 0.15) is 0 Å².